The summed E-state index contributed by atoms with van der Waals surface area (Å²) in [6.07, 6.45) is 5.25. The molecule has 0 saturated carbocycles. The van der Waals surface area contributed by atoms with E-state index in [0.717, 1.165) is 22.6 Å². The normalized spacial score (nSPS) is 11.0. The molecule has 2 heterocycles. The van der Waals surface area contributed by atoms with Crippen molar-refractivity contribution in [1.29, 1.82) is 0 Å². The van der Waals surface area contributed by atoms with E-state index < -0.39 is 0 Å². The molecule has 0 fully saturated rings. The van der Waals surface area contributed by atoms with Crippen LogP contribution in [0.25, 0.3) is 39.1 Å². The van der Waals surface area contributed by atoms with Crippen LogP contribution >= 0.6 is 0 Å². The van der Waals surface area contributed by atoms with Crippen LogP contribution in [-0.2, 0) is 0 Å². The topological polar surface area (TPSA) is 30.7 Å². The van der Waals surface area contributed by atoms with Gasteiger partial charge in [0.1, 0.15) is 0 Å². The van der Waals surface area contributed by atoms with Gasteiger partial charge in [0.05, 0.1) is 17.4 Å². The lowest BCUT2D eigenvalue weighted by atomic mass is 9.98. The van der Waals surface area contributed by atoms with Crippen molar-refractivity contribution < 1.29 is 0 Å². The van der Waals surface area contributed by atoms with Gasteiger partial charge in [0.15, 0.2) is 5.82 Å². The summed E-state index contributed by atoms with van der Waals surface area (Å²) >= 11 is 0. The first kappa shape index (κ1) is 15.5. The minimum atomic E-state index is 0.815. The van der Waals surface area contributed by atoms with Crippen LogP contribution in [0.15, 0.2) is 104 Å². The Kier molecular flexibility index (Phi) is 3.76. The number of hydrogen-bond donors (Lipinski definition) is 0. The Morgan fingerprint density at radius 3 is 2.00 bits per heavy atom. The van der Waals surface area contributed by atoms with Crippen LogP contribution < -0.4 is 0 Å². The Labute approximate surface area is 157 Å². The molecule has 128 valence electrons. The molecule has 0 bridgehead atoms. The molecule has 0 saturated heterocycles. The van der Waals surface area contributed by atoms with Crippen molar-refractivity contribution in [3.8, 4) is 28.2 Å². The second-order valence-electron chi connectivity index (χ2n) is 6.37. The quantitative estimate of drug-likeness (QED) is 0.416. The van der Waals surface area contributed by atoms with Gasteiger partial charge in [-0.3, -0.25) is 9.55 Å². The summed E-state index contributed by atoms with van der Waals surface area (Å²) in [6.45, 7) is 0. The standard InChI is InChI=1S/C24H17N3/c1-3-9-18(10-4-1)23-20-13-7-8-14-21(20)27(22-17-25-15-16-26-22)24(23)19-11-5-2-6-12-19/h1-17H. The van der Waals surface area contributed by atoms with E-state index in [2.05, 4.69) is 87.3 Å². The monoisotopic (exact) mass is 347 g/mol. The van der Waals surface area contributed by atoms with E-state index in [1.165, 1.54) is 16.5 Å². The third-order valence-corrected chi connectivity index (χ3v) is 4.76. The zero-order valence-corrected chi connectivity index (χ0v) is 14.7. The maximum atomic E-state index is 4.59. The van der Waals surface area contributed by atoms with Crippen molar-refractivity contribution in [2.75, 3.05) is 0 Å². The van der Waals surface area contributed by atoms with E-state index in [-0.39, 0.29) is 0 Å². The fourth-order valence-corrected chi connectivity index (χ4v) is 3.65. The second-order valence-corrected chi connectivity index (χ2v) is 6.37. The van der Waals surface area contributed by atoms with Gasteiger partial charge >= 0.3 is 0 Å². The van der Waals surface area contributed by atoms with Gasteiger partial charge in [0.25, 0.3) is 0 Å². The summed E-state index contributed by atoms with van der Waals surface area (Å²) in [5.74, 6) is 0.815. The van der Waals surface area contributed by atoms with Crippen LogP contribution in [0.3, 0.4) is 0 Å². The molecule has 3 heteroatoms. The highest BCUT2D eigenvalue weighted by Crippen LogP contribution is 2.41. The number of fused-ring (bicyclic) bond motifs is 1. The largest absolute Gasteiger partial charge is 0.292 e. The van der Waals surface area contributed by atoms with Gasteiger partial charge in [0, 0.05) is 23.3 Å². The zero-order valence-electron chi connectivity index (χ0n) is 14.7. The molecule has 27 heavy (non-hydrogen) atoms. The maximum absolute atomic E-state index is 4.59. The SMILES string of the molecule is c1ccc(-c2c(-c3ccccc3)n(-c3cnccn3)c3ccccc23)cc1. The average Bonchev–Trinajstić information content (AvgIpc) is 3.11. The molecule has 2 aromatic heterocycles. The number of para-hydroxylation sites is 1. The molecule has 0 atom stereocenters. The van der Waals surface area contributed by atoms with E-state index in [0.29, 0.717) is 0 Å². The van der Waals surface area contributed by atoms with Crippen molar-refractivity contribution in [2.24, 2.45) is 0 Å². The highest BCUT2D eigenvalue weighted by molar-refractivity contribution is 6.05. The number of rotatable bonds is 3. The van der Waals surface area contributed by atoms with Gasteiger partial charge in [-0.2, -0.15) is 0 Å². The first-order valence-electron chi connectivity index (χ1n) is 8.94. The van der Waals surface area contributed by atoms with E-state index >= 15 is 0 Å². The van der Waals surface area contributed by atoms with Gasteiger partial charge in [-0.15, -0.1) is 0 Å². The predicted molar refractivity (Wildman–Crippen MR) is 110 cm³/mol. The number of nitrogens with zero attached hydrogens (tertiary/aromatic N) is 3. The zero-order chi connectivity index (χ0) is 18.1. The lowest BCUT2D eigenvalue weighted by Gasteiger charge is -2.12. The van der Waals surface area contributed by atoms with Gasteiger partial charge in [-0.1, -0.05) is 78.9 Å². The minimum Gasteiger partial charge on any atom is -0.292 e. The van der Waals surface area contributed by atoms with Crippen LogP contribution in [0.2, 0.25) is 0 Å². The van der Waals surface area contributed by atoms with Crippen LogP contribution in [0.5, 0.6) is 0 Å². The smallest absolute Gasteiger partial charge is 0.156 e. The van der Waals surface area contributed by atoms with E-state index in [1.807, 2.05) is 18.3 Å². The molecule has 0 spiro atoms. The molecule has 3 aromatic carbocycles. The van der Waals surface area contributed by atoms with Crippen molar-refractivity contribution in [3.63, 3.8) is 0 Å². The summed E-state index contributed by atoms with van der Waals surface area (Å²) in [5, 5.41) is 1.20. The van der Waals surface area contributed by atoms with Crippen LogP contribution in [0.4, 0.5) is 0 Å². The first-order valence-corrected chi connectivity index (χ1v) is 8.94. The van der Waals surface area contributed by atoms with E-state index in [1.54, 1.807) is 12.4 Å². The van der Waals surface area contributed by atoms with Crippen molar-refractivity contribution >= 4 is 10.9 Å². The van der Waals surface area contributed by atoms with Gasteiger partial charge < -0.3 is 0 Å². The van der Waals surface area contributed by atoms with Crippen LogP contribution in [-0.4, -0.2) is 14.5 Å². The molecule has 5 rings (SSSR count). The number of hydrogen-bond acceptors (Lipinski definition) is 2. The summed E-state index contributed by atoms with van der Waals surface area (Å²) in [7, 11) is 0. The Morgan fingerprint density at radius 2 is 1.30 bits per heavy atom. The molecule has 3 nitrogen and oxygen atoms in total. The van der Waals surface area contributed by atoms with Crippen molar-refractivity contribution in [1.82, 2.24) is 14.5 Å². The third kappa shape index (κ3) is 2.61. The Bertz CT molecular complexity index is 1120. The second kappa shape index (κ2) is 6.54. The fraction of sp³-hybridized carbons (Fsp3) is 0. The molecule has 0 radical (unpaired) electrons. The Morgan fingerprint density at radius 1 is 0.630 bits per heavy atom. The maximum Gasteiger partial charge on any atom is 0.156 e. The van der Waals surface area contributed by atoms with Crippen molar-refractivity contribution in [2.45, 2.75) is 0 Å². The van der Waals surface area contributed by atoms with E-state index in [4.69, 9.17) is 0 Å². The lowest BCUT2D eigenvalue weighted by molar-refractivity contribution is 1.02. The summed E-state index contributed by atoms with van der Waals surface area (Å²) in [4.78, 5) is 8.89. The molecule has 0 amide bonds. The molecule has 0 N–H and O–H groups in total. The van der Waals surface area contributed by atoms with Crippen molar-refractivity contribution in [3.05, 3.63) is 104 Å². The summed E-state index contributed by atoms with van der Waals surface area (Å²) in [6, 6.07) is 29.5. The highest BCUT2D eigenvalue weighted by atomic mass is 15.1. The van der Waals surface area contributed by atoms with Gasteiger partial charge in [-0.05, 0) is 17.2 Å². The van der Waals surface area contributed by atoms with E-state index in [9.17, 15) is 0 Å². The summed E-state index contributed by atoms with van der Waals surface area (Å²) in [5.41, 5.74) is 5.80. The third-order valence-electron chi connectivity index (χ3n) is 4.76. The lowest BCUT2D eigenvalue weighted by Crippen LogP contribution is -2.00. The highest BCUT2D eigenvalue weighted by Gasteiger charge is 2.21. The molecule has 0 aliphatic heterocycles. The molecule has 0 aliphatic carbocycles. The number of benzene rings is 3. The number of aromatic nitrogens is 3. The Hall–Kier alpha value is -3.72. The van der Waals surface area contributed by atoms with Gasteiger partial charge in [0.2, 0.25) is 0 Å². The molecule has 0 unspecified atom stereocenters. The fourth-order valence-electron chi connectivity index (χ4n) is 3.65. The molecular weight excluding hydrogens is 330 g/mol. The molecular formula is C24H17N3. The molecule has 0 aliphatic rings. The first-order chi connectivity index (χ1) is 13.4. The summed E-state index contributed by atoms with van der Waals surface area (Å²) < 4.78 is 2.21. The predicted octanol–water partition coefficient (Wildman–Crippen LogP) is 5.75. The average molecular weight is 347 g/mol. The van der Waals surface area contributed by atoms with Crippen LogP contribution in [0, 0.1) is 0 Å². The molecule has 5 aromatic rings. The van der Waals surface area contributed by atoms with Gasteiger partial charge in [-0.25, -0.2) is 4.98 Å². The van der Waals surface area contributed by atoms with Crippen LogP contribution in [0.1, 0.15) is 0 Å². The Balaban J connectivity index is 1.97. The minimum absolute atomic E-state index is 0.815.